The summed E-state index contributed by atoms with van der Waals surface area (Å²) in [5, 5.41) is 44.2. The third kappa shape index (κ3) is 20.2. The van der Waals surface area contributed by atoms with E-state index < -0.39 is 61.6 Å². The fraction of sp³-hybridized carbons (Fsp3) is 1.00. The zero-order chi connectivity index (χ0) is 23.4. The molecule has 2 aliphatic rings. The molecule has 0 aliphatic carbocycles. The van der Waals surface area contributed by atoms with Crippen molar-refractivity contribution in [1.82, 2.24) is 9.80 Å². The second-order valence-corrected chi connectivity index (χ2v) is 7.10. The molecular formula is C16H30Mo2N2O10. The van der Waals surface area contributed by atoms with Crippen molar-refractivity contribution in [3.05, 3.63) is 0 Å². The van der Waals surface area contributed by atoms with Gasteiger partial charge in [-0.15, -0.1) is 12.2 Å². The van der Waals surface area contributed by atoms with E-state index in [4.69, 9.17) is 23.1 Å². The van der Waals surface area contributed by atoms with E-state index in [1.807, 2.05) is 0 Å². The molecule has 2 fully saturated rings. The second-order valence-electron chi connectivity index (χ2n) is 6.43. The van der Waals surface area contributed by atoms with E-state index in [1.54, 1.807) is 9.80 Å². The minimum atomic E-state index is -2.03. The van der Waals surface area contributed by atoms with Gasteiger partial charge in [0, 0.05) is 26.2 Å². The maximum atomic E-state index is 11.4. The van der Waals surface area contributed by atoms with Crippen LogP contribution >= 0.6 is 0 Å². The monoisotopic (exact) mass is 606 g/mol. The molecular weight excluding hydrogens is 572 g/mol. The van der Waals surface area contributed by atoms with E-state index in [0.29, 0.717) is 52.6 Å². The topological polar surface area (TPSA) is 185 Å². The molecule has 14 heteroatoms. The molecule has 4 atom stereocenters. The summed E-state index contributed by atoms with van der Waals surface area (Å²) >= 11 is -4.06. The summed E-state index contributed by atoms with van der Waals surface area (Å²) in [5.74, 6) is 0. The van der Waals surface area contributed by atoms with E-state index in [9.17, 15) is 20.4 Å². The number of morpholine rings is 2. The van der Waals surface area contributed by atoms with Crippen molar-refractivity contribution in [2.75, 3.05) is 52.6 Å². The summed E-state index contributed by atoms with van der Waals surface area (Å²) < 4.78 is 44.2. The molecule has 0 saturated carbocycles. The molecule has 0 aromatic rings. The first-order valence-electron chi connectivity index (χ1n) is 9.33. The summed E-state index contributed by atoms with van der Waals surface area (Å²) in [6, 6.07) is 0. The summed E-state index contributed by atoms with van der Waals surface area (Å²) in [5.41, 5.74) is 0. The molecule has 2 saturated heterocycles. The van der Waals surface area contributed by atoms with Gasteiger partial charge in [0.25, 0.3) is 0 Å². The molecule has 0 aromatic carbocycles. The van der Waals surface area contributed by atoms with Crippen molar-refractivity contribution in [3.63, 3.8) is 0 Å². The fourth-order valence-electron chi connectivity index (χ4n) is 2.60. The van der Waals surface area contributed by atoms with Crippen LogP contribution in [0.15, 0.2) is 0 Å². The van der Waals surface area contributed by atoms with Gasteiger partial charge in [0.1, 0.15) is 0 Å². The van der Waals surface area contributed by atoms with Crippen molar-refractivity contribution in [3.8, 4) is 0 Å². The zero-order valence-electron chi connectivity index (χ0n) is 17.2. The molecule has 0 bridgehead atoms. The van der Waals surface area contributed by atoms with Crippen LogP contribution in [0.1, 0.15) is 26.7 Å². The van der Waals surface area contributed by atoms with Crippen LogP contribution in [-0.2, 0) is 60.0 Å². The van der Waals surface area contributed by atoms with Crippen LogP contribution in [0.3, 0.4) is 0 Å². The van der Waals surface area contributed by atoms with Gasteiger partial charge in [-0.25, -0.2) is 0 Å². The van der Waals surface area contributed by atoms with Gasteiger partial charge in [-0.3, -0.25) is 0 Å². The standard InChI is InChI=1S/2C8H15NO3.2Mo.4O/c2*1-7(10)6-8(11)9-2-4-12-5-3-9;;;;;;/h2*7-8H,2-6H2,1H3;;;;;;/q2*-2;2*+2;;;;. The Kier molecular flexibility index (Phi) is 24.3. The van der Waals surface area contributed by atoms with Crippen LogP contribution in [0, 0.1) is 0 Å². The van der Waals surface area contributed by atoms with E-state index in [0.717, 1.165) is 0 Å². The third-order valence-electron chi connectivity index (χ3n) is 3.97. The van der Waals surface area contributed by atoms with Crippen LogP contribution in [-0.4, -0.2) is 87.1 Å². The van der Waals surface area contributed by atoms with Gasteiger partial charge < -0.3 is 39.7 Å². The molecule has 0 spiro atoms. The Morgan fingerprint density at radius 2 is 0.900 bits per heavy atom. The van der Waals surface area contributed by atoms with Crippen LogP contribution in [0.25, 0.3) is 0 Å². The van der Waals surface area contributed by atoms with Crippen LogP contribution in [0.2, 0.25) is 0 Å². The summed E-state index contributed by atoms with van der Waals surface area (Å²) in [4.78, 5) is 3.55. The van der Waals surface area contributed by atoms with Gasteiger partial charge in [-0.2, -0.15) is 0 Å². The fourth-order valence-corrected chi connectivity index (χ4v) is 2.60. The van der Waals surface area contributed by atoms with Gasteiger partial charge >= 0.3 is 50.6 Å². The quantitative estimate of drug-likeness (QED) is 0.268. The predicted molar refractivity (Wildman–Crippen MR) is 83.3 cm³/mol. The number of ether oxygens (including phenoxy) is 2. The Labute approximate surface area is 193 Å². The second kappa shape index (κ2) is 22.5. The minimum absolute atomic E-state index is 0.194. The molecule has 176 valence electrons. The average Bonchev–Trinajstić information content (AvgIpc) is 2.70. The summed E-state index contributed by atoms with van der Waals surface area (Å²) in [6.45, 7) is 8.20. The SMILES string of the molecule is CC([O-])CC([O-])N1CCOCC1.CC([O-])CC([O-])N1CCOCC1.[O]=[Mo+2]=[O].[O]=[Mo+2]=[O]. The number of rotatable bonds is 6. The molecule has 2 rings (SSSR count). The van der Waals surface area contributed by atoms with Gasteiger partial charge in [0.2, 0.25) is 0 Å². The number of hydrogen-bond donors (Lipinski definition) is 0. The first-order chi connectivity index (χ1) is 14.2. The summed E-state index contributed by atoms with van der Waals surface area (Å²) in [6.07, 6.45) is -2.78. The molecule has 0 N–H and O–H groups in total. The van der Waals surface area contributed by atoms with Crippen LogP contribution in [0.5, 0.6) is 0 Å². The molecule has 2 heterocycles. The molecule has 4 unspecified atom stereocenters. The summed E-state index contributed by atoms with van der Waals surface area (Å²) in [7, 11) is 0. The van der Waals surface area contributed by atoms with Gasteiger partial charge in [0.15, 0.2) is 0 Å². The molecule has 0 amide bonds. The Hall–Kier alpha value is 0.257. The zero-order valence-corrected chi connectivity index (χ0v) is 21.2. The first-order valence-corrected chi connectivity index (χ1v) is 12.6. The Bertz CT molecular complexity index is 421. The molecule has 12 nitrogen and oxygen atoms in total. The van der Waals surface area contributed by atoms with Gasteiger partial charge in [0.05, 0.1) is 26.4 Å². The first kappa shape index (κ1) is 32.4. The number of nitrogens with zero attached hydrogens (tertiary/aromatic N) is 2. The predicted octanol–water partition coefficient (Wildman–Crippen LogP) is -4.19. The Morgan fingerprint density at radius 3 is 1.10 bits per heavy atom. The Balaban J connectivity index is 0. The molecule has 0 radical (unpaired) electrons. The van der Waals surface area contributed by atoms with Crippen molar-refractivity contribution >= 4 is 0 Å². The number of hydrogen-bond acceptors (Lipinski definition) is 12. The molecule has 30 heavy (non-hydrogen) atoms. The van der Waals surface area contributed by atoms with Crippen molar-refractivity contribution < 1.29 is 80.5 Å². The van der Waals surface area contributed by atoms with E-state index in [-0.39, 0.29) is 12.8 Å². The third-order valence-corrected chi connectivity index (χ3v) is 3.97. The molecule has 0 aromatic heterocycles. The van der Waals surface area contributed by atoms with E-state index in [1.165, 1.54) is 13.8 Å². The maximum absolute atomic E-state index is 11.4. The molecule has 2 aliphatic heterocycles. The van der Waals surface area contributed by atoms with Crippen LogP contribution in [0.4, 0.5) is 0 Å². The van der Waals surface area contributed by atoms with E-state index in [2.05, 4.69) is 0 Å². The van der Waals surface area contributed by atoms with E-state index >= 15 is 0 Å². The van der Waals surface area contributed by atoms with Crippen molar-refractivity contribution in [1.29, 1.82) is 0 Å². The Morgan fingerprint density at radius 1 is 0.667 bits per heavy atom. The average molecular weight is 602 g/mol. The van der Waals surface area contributed by atoms with Crippen LogP contribution < -0.4 is 20.4 Å². The normalized spacial score (nSPS) is 20.7. The van der Waals surface area contributed by atoms with Gasteiger partial charge in [-0.1, -0.05) is 39.1 Å². The van der Waals surface area contributed by atoms with Crippen molar-refractivity contribution in [2.45, 2.75) is 51.4 Å². The van der Waals surface area contributed by atoms with Gasteiger partial charge in [-0.05, 0) is 0 Å². The van der Waals surface area contributed by atoms with Crippen molar-refractivity contribution in [2.24, 2.45) is 0 Å².